The number of hydrogen-bond acceptors (Lipinski definition) is 4. The topological polar surface area (TPSA) is 73.4 Å². The van der Waals surface area contributed by atoms with E-state index in [1.165, 1.54) is 12.8 Å². The highest BCUT2D eigenvalue weighted by Gasteiger charge is 2.41. The van der Waals surface area contributed by atoms with E-state index in [0.717, 1.165) is 19.4 Å². The number of carbonyl (C=O) groups excluding carboxylic acids is 1. The second-order valence-corrected chi connectivity index (χ2v) is 6.95. The van der Waals surface area contributed by atoms with E-state index in [2.05, 4.69) is 11.9 Å². The van der Waals surface area contributed by atoms with Gasteiger partial charge < -0.3 is 15.5 Å². The highest BCUT2D eigenvalue weighted by Crippen LogP contribution is 2.38. The number of anilines is 1. The lowest BCUT2D eigenvalue weighted by Gasteiger charge is -2.34. The van der Waals surface area contributed by atoms with E-state index >= 15 is 0 Å². The predicted molar refractivity (Wildman–Crippen MR) is 92.6 cm³/mol. The molecule has 1 aromatic rings. The Morgan fingerprint density at radius 1 is 1.35 bits per heavy atom. The maximum Gasteiger partial charge on any atom is 0.272 e. The Labute approximate surface area is 138 Å². The number of nitrogens with one attached hydrogen (secondary N) is 1. The second-order valence-electron chi connectivity index (χ2n) is 6.95. The summed E-state index contributed by atoms with van der Waals surface area (Å²) in [6.45, 7) is 1.15. The Morgan fingerprint density at radius 2 is 2.09 bits per heavy atom. The van der Waals surface area contributed by atoms with Crippen molar-refractivity contribution in [1.29, 1.82) is 5.41 Å². The van der Waals surface area contributed by atoms with E-state index in [1.54, 1.807) is 17.0 Å². The molecule has 1 aromatic carbocycles. The van der Waals surface area contributed by atoms with Gasteiger partial charge in [0.15, 0.2) is 0 Å². The zero-order valence-electron chi connectivity index (χ0n) is 14.0. The van der Waals surface area contributed by atoms with Gasteiger partial charge in [0.1, 0.15) is 5.71 Å². The Kier molecular flexibility index (Phi) is 4.39. The number of nitrogens with zero attached hydrogens (tertiary/aromatic N) is 2. The molecule has 3 rings (SSSR count). The molecule has 1 heterocycles. The zero-order valence-corrected chi connectivity index (χ0v) is 14.0. The van der Waals surface area contributed by atoms with Gasteiger partial charge in [0, 0.05) is 30.4 Å². The van der Waals surface area contributed by atoms with Crippen molar-refractivity contribution in [2.45, 2.75) is 37.8 Å². The molecule has 1 saturated carbocycles. The summed E-state index contributed by atoms with van der Waals surface area (Å²) >= 11 is 0. The number of nitrogen functional groups attached to an aromatic ring is 1. The van der Waals surface area contributed by atoms with Gasteiger partial charge in [-0.05, 0) is 51.3 Å². The maximum atomic E-state index is 12.7. The highest BCUT2D eigenvalue weighted by molar-refractivity contribution is 6.45. The summed E-state index contributed by atoms with van der Waals surface area (Å²) in [6.07, 6.45) is 4.57. The van der Waals surface area contributed by atoms with Crippen molar-refractivity contribution in [3.8, 4) is 0 Å². The molecule has 23 heavy (non-hydrogen) atoms. The normalized spacial score (nSPS) is 27.5. The lowest BCUT2D eigenvalue weighted by molar-refractivity contribution is -0.124. The van der Waals surface area contributed by atoms with Gasteiger partial charge in [0.05, 0.1) is 0 Å². The Hall–Kier alpha value is -1.88. The number of carbonyl (C=O) groups is 1. The van der Waals surface area contributed by atoms with Gasteiger partial charge in [-0.2, -0.15) is 0 Å². The van der Waals surface area contributed by atoms with Crippen LogP contribution in [0.15, 0.2) is 24.3 Å². The molecule has 0 spiro atoms. The molecule has 1 saturated heterocycles. The standard InChI is InChI=1S/C18H26N4O/c1-21-9-5-6-12-10-13(11-16(12)21)22(2)18(23)17(20)14-7-3-4-8-15(14)19/h3-4,7-8,12-13,16,20H,5-6,9-11,19H2,1-2H3. The summed E-state index contributed by atoms with van der Waals surface area (Å²) < 4.78 is 0. The number of likely N-dealkylation sites (N-methyl/N-ethyl adjacent to an activating group) is 1. The number of amides is 1. The van der Waals surface area contributed by atoms with Crippen LogP contribution in [0.5, 0.6) is 0 Å². The predicted octanol–water partition coefficient (Wildman–Crippen LogP) is 1.97. The third-order valence-electron chi connectivity index (χ3n) is 5.60. The molecular weight excluding hydrogens is 288 g/mol. The molecule has 3 atom stereocenters. The van der Waals surface area contributed by atoms with Crippen molar-refractivity contribution in [1.82, 2.24) is 9.80 Å². The molecule has 5 nitrogen and oxygen atoms in total. The van der Waals surface area contributed by atoms with Gasteiger partial charge >= 0.3 is 0 Å². The van der Waals surface area contributed by atoms with Crippen LogP contribution in [0, 0.1) is 11.3 Å². The van der Waals surface area contributed by atoms with Crippen molar-refractivity contribution >= 4 is 17.3 Å². The van der Waals surface area contributed by atoms with Crippen LogP contribution in [-0.2, 0) is 4.79 Å². The third kappa shape index (κ3) is 2.98. The quantitative estimate of drug-likeness (QED) is 0.662. The first-order valence-corrected chi connectivity index (χ1v) is 8.40. The van der Waals surface area contributed by atoms with Gasteiger partial charge in [-0.1, -0.05) is 18.2 Å². The molecule has 5 heteroatoms. The van der Waals surface area contributed by atoms with Crippen LogP contribution in [0.2, 0.25) is 0 Å². The van der Waals surface area contributed by atoms with Crippen LogP contribution in [0.1, 0.15) is 31.2 Å². The molecule has 1 aliphatic heterocycles. The number of para-hydroxylation sites is 1. The summed E-state index contributed by atoms with van der Waals surface area (Å²) in [4.78, 5) is 16.9. The number of hydrogen-bond donors (Lipinski definition) is 2. The summed E-state index contributed by atoms with van der Waals surface area (Å²) in [6, 6.07) is 7.91. The van der Waals surface area contributed by atoms with Crippen molar-refractivity contribution in [3.63, 3.8) is 0 Å². The molecule has 1 aliphatic carbocycles. The third-order valence-corrected chi connectivity index (χ3v) is 5.60. The van der Waals surface area contributed by atoms with E-state index in [0.29, 0.717) is 23.2 Å². The van der Waals surface area contributed by atoms with Crippen molar-refractivity contribution in [2.24, 2.45) is 5.92 Å². The monoisotopic (exact) mass is 314 g/mol. The average molecular weight is 314 g/mol. The summed E-state index contributed by atoms with van der Waals surface area (Å²) in [5.74, 6) is 0.458. The first kappa shape index (κ1) is 16.0. The van der Waals surface area contributed by atoms with Crippen molar-refractivity contribution in [3.05, 3.63) is 29.8 Å². The first-order valence-electron chi connectivity index (χ1n) is 8.40. The number of likely N-dealkylation sites (tertiary alicyclic amines) is 1. The fourth-order valence-corrected chi connectivity index (χ4v) is 4.19. The summed E-state index contributed by atoms with van der Waals surface area (Å²) in [7, 11) is 4.02. The molecule has 2 aliphatic rings. The van der Waals surface area contributed by atoms with Gasteiger partial charge in [0.2, 0.25) is 0 Å². The average Bonchev–Trinajstić information content (AvgIpc) is 2.99. The number of nitrogens with two attached hydrogens (primary N) is 1. The molecule has 124 valence electrons. The van der Waals surface area contributed by atoms with Gasteiger partial charge in [0.25, 0.3) is 5.91 Å². The molecule has 0 bridgehead atoms. The lowest BCUT2D eigenvalue weighted by atomic mass is 9.92. The van der Waals surface area contributed by atoms with Crippen molar-refractivity contribution < 1.29 is 4.79 Å². The lowest BCUT2D eigenvalue weighted by Crippen LogP contribution is -2.42. The Bertz CT molecular complexity index is 615. The van der Waals surface area contributed by atoms with Crippen LogP contribution in [0.3, 0.4) is 0 Å². The minimum Gasteiger partial charge on any atom is -0.398 e. The fraction of sp³-hybridized carbons (Fsp3) is 0.556. The second kappa shape index (κ2) is 6.32. The van der Waals surface area contributed by atoms with Crippen LogP contribution in [0.25, 0.3) is 0 Å². The molecule has 2 fully saturated rings. The fourth-order valence-electron chi connectivity index (χ4n) is 4.19. The molecule has 1 amide bonds. The van der Waals surface area contributed by atoms with E-state index in [-0.39, 0.29) is 17.7 Å². The molecular formula is C18H26N4O. The highest BCUT2D eigenvalue weighted by atomic mass is 16.2. The minimum atomic E-state index is -0.228. The Morgan fingerprint density at radius 3 is 2.78 bits per heavy atom. The smallest absolute Gasteiger partial charge is 0.272 e. The summed E-state index contributed by atoms with van der Waals surface area (Å²) in [5.41, 5.74) is 6.91. The zero-order chi connectivity index (χ0) is 16.6. The molecule has 0 radical (unpaired) electrons. The number of rotatable bonds is 3. The van der Waals surface area contributed by atoms with Crippen molar-refractivity contribution in [2.75, 3.05) is 26.4 Å². The van der Waals surface area contributed by atoms with E-state index in [1.807, 2.05) is 19.2 Å². The van der Waals surface area contributed by atoms with Gasteiger partial charge in [-0.3, -0.25) is 10.2 Å². The largest absolute Gasteiger partial charge is 0.398 e. The van der Waals surface area contributed by atoms with E-state index in [4.69, 9.17) is 11.1 Å². The van der Waals surface area contributed by atoms with E-state index < -0.39 is 0 Å². The molecule has 3 unspecified atom stereocenters. The Balaban J connectivity index is 1.71. The minimum absolute atomic E-state index is 0.00572. The van der Waals surface area contributed by atoms with Gasteiger partial charge in [-0.25, -0.2) is 0 Å². The molecule has 3 N–H and O–H groups in total. The van der Waals surface area contributed by atoms with Gasteiger partial charge in [-0.15, -0.1) is 0 Å². The molecule has 0 aromatic heterocycles. The first-order chi connectivity index (χ1) is 11.0. The summed E-state index contributed by atoms with van der Waals surface area (Å²) in [5, 5.41) is 8.23. The maximum absolute atomic E-state index is 12.7. The van der Waals surface area contributed by atoms with E-state index in [9.17, 15) is 4.79 Å². The number of benzene rings is 1. The van der Waals surface area contributed by atoms with Crippen LogP contribution < -0.4 is 5.73 Å². The van der Waals surface area contributed by atoms with Crippen LogP contribution in [0.4, 0.5) is 5.69 Å². The number of fused-ring (bicyclic) bond motifs is 1. The van der Waals surface area contributed by atoms with Crippen LogP contribution >= 0.6 is 0 Å². The SMILES string of the molecule is CN1CCCC2CC(N(C)C(=O)C(=N)c3ccccc3N)CC21. The van der Waals surface area contributed by atoms with Crippen LogP contribution in [-0.4, -0.2) is 54.1 Å². The number of piperidine rings is 1.